The zero-order valence-electron chi connectivity index (χ0n) is 13.7. The predicted octanol–water partition coefficient (Wildman–Crippen LogP) is 6.55. The molecule has 21 heavy (non-hydrogen) atoms. The Kier molecular flexibility index (Phi) is 10.9. The predicted molar refractivity (Wildman–Crippen MR) is 88.7 cm³/mol. The highest BCUT2D eigenvalue weighted by molar-refractivity contribution is 5.95. The molecule has 2 nitrogen and oxygen atoms in total. The first-order chi connectivity index (χ1) is 10.3. The third-order valence-corrected chi connectivity index (χ3v) is 4.10. The number of ketones is 1. The highest BCUT2D eigenvalue weighted by Gasteiger charge is 2.05. The molecular weight excluding hydrogens is 260 g/mol. The fraction of sp³-hybridized carbons (Fsp3) is 0.737. The molecule has 1 aromatic heterocycles. The van der Waals surface area contributed by atoms with Crippen LogP contribution in [0, 0.1) is 0 Å². The molecule has 0 fully saturated rings. The van der Waals surface area contributed by atoms with Crippen molar-refractivity contribution >= 4 is 5.78 Å². The summed E-state index contributed by atoms with van der Waals surface area (Å²) in [6.07, 6.45) is 19.7. The third-order valence-electron chi connectivity index (χ3n) is 4.10. The summed E-state index contributed by atoms with van der Waals surface area (Å²) in [6, 6.07) is 1.75. The summed E-state index contributed by atoms with van der Waals surface area (Å²) >= 11 is 0. The molecule has 0 saturated heterocycles. The number of Topliss-reactive ketones (excluding diaryl/α,β-unsaturated/α-hetero) is 1. The Hall–Kier alpha value is -1.05. The molecule has 0 atom stereocenters. The normalized spacial score (nSPS) is 10.9. The molecule has 0 bridgehead atoms. The van der Waals surface area contributed by atoms with Crippen molar-refractivity contribution in [1.29, 1.82) is 0 Å². The van der Waals surface area contributed by atoms with E-state index in [9.17, 15) is 4.79 Å². The molecule has 0 unspecified atom stereocenters. The van der Waals surface area contributed by atoms with Crippen LogP contribution in [0.2, 0.25) is 0 Å². The Morgan fingerprint density at radius 1 is 0.857 bits per heavy atom. The molecule has 0 aromatic carbocycles. The van der Waals surface area contributed by atoms with Gasteiger partial charge in [0, 0.05) is 6.42 Å². The van der Waals surface area contributed by atoms with Crippen LogP contribution in [0.15, 0.2) is 23.0 Å². The van der Waals surface area contributed by atoms with Crippen LogP contribution in [0.25, 0.3) is 0 Å². The summed E-state index contributed by atoms with van der Waals surface area (Å²) < 4.78 is 4.93. The van der Waals surface area contributed by atoms with Gasteiger partial charge in [0.05, 0.1) is 11.8 Å². The highest BCUT2D eigenvalue weighted by Crippen LogP contribution is 2.13. The number of carbonyl (C=O) groups is 1. The van der Waals surface area contributed by atoms with Gasteiger partial charge in [-0.1, -0.05) is 77.6 Å². The maximum absolute atomic E-state index is 11.7. The van der Waals surface area contributed by atoms with Gasteiger partial charge in [0.2, 0.25) is 0 Å². The Labute approximate surface area is 130 Å². The Balaban J connectivity index is 1.80. The van der Waals surface area contributed by atoms with E-state index < -0.39 is 0 Å². The van der Waals surface area contributed by atoms with E-state index in [2.05, 4.69) is 6.92 Å². The van der Waals surface area contributed by atoms with Gasteiger partial charge < -0.3 is 4.42 Å². The lowest BCUT2D eigenvalue weighted by atomic mass is 10.0. The molecule has 0 spiro atoms. The lowest BCUT2D eigenvalue weighted by Crippen LogP contribution is -1.96. The van der Waals surface area contributed by atoms with Crippen LogP contribution in [0.4, 0.5) is 0 Å². The van der Waals surface area contributed by atoms with Crippen LogP contribution in [-0.4, -0.2) is 5.78 Å². The fourth-order valence-corrected chi connectivity index (χ4v) is 2.69. The van der Waals surface area contributed by atoms with E-state index >= 15 is 0 Å². The molecule has 0 amide bonds. The van der Waals surface area contributed by atoms with Crippen molar-refractivity contribution in [3.05, 3.63) is 24.2 Å². The second-order valence-electron chi connectivity index (χ2n) is 6.07. The van der Waals surface area contributed by atoms with E-state index in [-0.39, 0.29) is 5.78 Å². The van der Waals surface area contributed by atoms with Gasteiger partial charge in [-0.2, -0.15) is 0 Å². The monoisotopic (exact) mass is 292 g/mol. The number of unbranched alkanes of at least 4 members (excludes halogenated alkanes) is 11. The molecule has 0 saturated carbocycles. The molecule has 1 aromatic rings. The first-order valence-corrected chi connectivity index (χ1v) is 8.90. The van der Waals surface area contributed by atoms with Crippen LogP contribution in [0.5, 0.6) is 0 Å². The number of carbonyl (C=O) groups excluding carboxylic acids is 1. The SMILES string of the molecule is CCCCCCCCCCCCCCC(=O)c1ccoc1. The lowest BCUT2D eigenvalue weighted by Gasteiger charge is -2.02. The zero-order chi connectivity index (χ0) is 15.2. The van der Waals surface area contributed by atoms with Gasteiger partial charge in [0.25, 0.3) is 0 Å². The molecule has 0 radical (unpaired) electrons. The van der Waals surface area contributed by atoms with Gasteiger partial charge in [-0.15, -0.1) is 0 Å². The van der Waals surface area contributed by atoms with E-state index in [0.717, 1.165) is 12.0 Å². The van der Waals surface area contributed by atoms with Crippen molar-refractivity contribution in [1.82, 2.24) is 0 Å². The van der Waals surface area contributed by atoms with Crippen molar-refractivity contribution in [3.8, 4) is 0 Å². The number of hydrogen-bond acceptors (Lipinski definition) is 2. The zero-order valence-corrected chi connectivity index (χ0v) is 13.7. The largest absolute Gasteiger partial charge is 0.472 e. The average molecular weight is 292 g/mol. The van der Waals surface area contributed by atoms with E-state index in [4.69, 9.17) is 4.42 Å². The quantitative estimate of drug-likeness (QED) is 0.287. The first-order valence-electron chi connectivity index (χ1n) is 8.90. The van der Waals surface area contributed by atoms with Gasteiger partial charge in [-0.25, -0.2) is 0 Å². The Bertz CT molecular complexity index is 340. The maximum atomic E-state index is 11.7. The van der Waals surface area contributed by atoms with Gasteiger partial charge >= 0.3 is 0 Å². The second kappa shape index (κ2) is 12.7. The molecule has 0 aliphatic rings. The first kappa shape index (κ1) is 18.0. The third kappa shape index (κ3) is 9.49. The van der Waals surface area contributed by atoms with Gasteiger partial charge in [-0.05, 0) is 12.5 Å². The standard InChI is InChI=1S/C19H32O2/c1-2-3-4-5-6-7-8-9-10-11-12-13-14-19(20)18-15-16-21-17-18/h15-17H,2-14H2,1H3. The van der Waals surface area contributed by atoms with Crippen molar-refractivity contribution in [2.75, 3.05) is 0 Å². The molecule has 0 N–H and O–H groups in total. The van der Waals surface area contributed by atoms with Crippen LogP contribution in [0.3, 0.4) is 0 Å². The van der Waals surface area contributed by atoms with Gasteiger partial charge in [-0.3, -0.25) is 4.79 Å². The molecule has 120 valence electrons. The average Bonchev–Trinajstić information content (AvgIpc) is 3.02. The van der Waals surface area contributed by atoms with E-state index in [1.165, 1.54) is 70.6 Å². The summed E-state index contributed by atoms with van der Waals surface area (Å²) in [6.45, 7) is 2.27. The summed E-state index contributed by atoms with van der Waals surface area (Å²) in [5, 5.41) is 0. The maximum Gasteiger partial charge on any atom is 0.166 e. The minimum absolute atomic E-state index is 0.218. The number of hydrogen-bond donors (Lipinski definition) is 0. The number of furan rings is 1. The Morgan fingerprint density at radius 3 is 1.86 bits per heavy atom. The second-order valence-corrected chi connectivity index (χ2v) is 6.07. The molecule has 0 aliphatic carbocycles. The molecule has 0 aliphatic heterocycles. The van der Waals surface area contributed by atoms with E-state index in [1.807, 2.05) is 0 Å². The fourth-order valence-electron chi connectivity index (χ4n) is 2.69. The van der Waals surface area contributed by atoms with Crippen molar-refractivity contribution in [3.63, 3.8) is 0 Å². The molecule has 1 heterocycles. The van der Waals surface area contributed by atoms with Gasteiger partial charge in [0.15, 0.2) is 5.78 Å². The van der Waals surface area contributed by atoms with E-state index in [0.29, 0.717) is 6.42 Å². The van der Waals surface area contributed by atoms with E-state index in [1.54, 1.807) is 18.6 Å². The van der Waals surface area contributed by atoms with Gasteiger partial charge in [0.1, 0.15) is 6.26 Å². The summed E-state index contributed by atoms with van der Waals surface area (Å²) in [5.74, 6) is 0.218. The van der Waals surface area contributed by atoms with Crippen molar-refractivity contribution in [2.45, 2.75) is 90.4 Å². The van der Waals surface area contributed by atoms with Crippen molar-refractivity contribution in [2.24, 2.45) is 0 Å². The lowest BCUT2D eigenvalue weighted by molar-refractivity contribution is 0.0978. The minimum atomic E-state index is 0.218. The van der Waals surface area contributed by atoms with Crippen LogP contribution < -0.4 is 0 Å². The van der Waals surface area contributed by atoms with Crippen LogP contribution in [-0.2, 0) is 0 Å². The highest BCUT2D eigenvalue weighted by atomic mass is 16.3. The summed E-state index contributed by atoms with van der Waals surface area (Å²) in [5.41, 5.74) is 0.720. The van der Waals surface area contributed by atoms with Crippen LogP contribution >= 0.6 is 0 Å². The number of rotatable bonds is 14. The molecule has 2 heteroatoms. The topological polar surface area (TPSA) is 30.2 Å². The molecule has 1 rings (SSSR count). The Morgan fingerprint density at radius 2 is 1.38 bits per heavy atom. The molecular formula is C19H32O2. The summed E-state index contributed by atoms with van der Waals surface area (Å²) in [7, 11) is 0. The van der Waals surface area contributed by atoms with Crippen LogP contribution in [0.1, 0.15) is 101 Å². The summed E-state index contributed by atoms with van der Waals surface area (Å²) in [4.78, 5) is 11.7. The smallest absolute Gasteiger partial charge is 0.166 e. The minimum Gasteiger partial charge on any atom is -0.472 e. The van der Waals surface area contributed by atoms with Crippen molar-refractivity contribution < 1.29 is 9.21 Å².